The molecule has 2 aromatic carbocycles. The molecule has 0 spiro atoms. The maximum atomic E-state index is 13.6. The molecular formula is C23H24FN3O5. The lowest BCUT2D eigenvalue weighted by Crippen LogP contribution is -2.18. The second-order valence-electron chi connectivity index (χ2n) is 7.15. The molecule has 1 saturated heterocycles. The zero-order valence-corrected chi connectivity index (χ0v) is 17.6. The van der Waals surface area contributed by atoms with Crippen LogP contribution < -0.4 is 14.8 Å². The normalized spacial score (nSPS) is 15.4. The minimum Gasteiger partial charge on any atom is -0.493 e. The summed E-state index contributed by atoms with van der Waals surface area (Å²) in [5, 5.41) is 6.70. The van der Waals surface area contributed by atoms with Crippen molar-refractivity contribution in [3.8, 4) is 22.8 Å². The van der Waals surface area contributed by atoms with Crippen molar-refractivity contribution in [2.75, 3.05) is 32.2 Å². The fraction of sp³-hybridized carbons (Fsp3) is 0.304. The van der Waals surface area contributed by atoms with Crippen molar-refractivity contribution in [2.45, 2.75) is 19.1 Å². The number of benzene rings is 2. The molecule has 1 aromatic heterocycles. The molecule has 0 radical (unpaired) electrons. The van der Waals surface area contributed by atoms with Crippen molar-refractivity contribution in [2.24, 2.45) is 0 Å². The molecule has 1 amide bonds. The van der Waals surface area contributed by atoms with Gasteiger partial charge in [-0.3, -0.25) is 10.00 Å². The summed E-state index contributed by atoms with van der Waals surface area (Å²) in [5.41, 5.74) is 1.78. The molecule has 32 heavy (non-hydrogen) atoms. The van der Waals surface area contributed by atoms with E-state index in [1.807, 2.05) is 24.3 Å². The number of carbonyl (C=O) groups is 1. The van der Waals surface area contributed by atoms with E-state index in [1.54, 1.807) is 30.1 Å². The number of halogens is 1. The van der Waals surface area contributed by atoms with Crippen LogP contribution in [0.4, 0.5) is 14.9 Å². The predicted molar refractivity (Wildman–Crippen MR) is 115 cm³/mol. The van der Waals surface area contributed by atoms with Gasteiger partial charge < -0.3 is 18.9 Å². The molecule has 2 heterocycles. The van der Waals surface area contributed by atoms with Crippen molar-refractivity contribution in [3.63, 3.8) is 0 Å². The van der Waals surface area contributed by atoms with Crippen LogP contribution in [0.25, 0.3) is 11.3 Å². The number of hydrogen-bond acceptors (Lipinski definition) is 6. The number of carbonyl (C=O) groups excluding carboxylic acids is 1. The van der Waals surface area contributed by atoms with Crippen molar-refractivity contribution >= 4 is 11.8 Å². The Hall–Kier alpha value is -3.59. The molecule has 4 rings (SSSR count). The number of amides is 1. The first kappa shape index (κ1) is 21.6. The van der Waals surface area contributed by atoms with Crippen LogP contribution >= 0.6 is 0 Å². The summed E-state index contributed by atoms with van der Waals surface area (Å²) < 4.78 is 37.4. The first-order chi connectivity index (χ1) is 15.6. The molecule has 1 N–H and O–H groups in total. The number of hydrogen-bond donors (Lipinski definition) is 1. The van der Waals surface area contributed by atoms with Crippen LogP contribution in [0.15, 0.2) is 54.7 Å². The number of nitrogens with zero attached hydrogens (tertiary/aromatic N) is 2. The van der Waals surface area contributed by atoms with Gasteiger partial charge in [0.15, 0.2) is 11.5 Å². The summed E-state index contributed by atoms with van der Waals surface area (Å²) in [4.78, 5) is 12.0. The highest BCUT2D eigenvalue weighted by molar-refractivity contribution is 5.84. The van der Waals surface area contributed by atoms with E-state index >= 15 is 0 Å². The van der Waals surface area contributed by atoms with E-state index in [1.165, 1.54) is 12.1 Å². The first-order valence-electron chi connectivity index (χ1n) is 10.3. The van der Waals surface area contributed by atoms with Crippen LogP contribution in [-0.4, -0.2) is 48.9 Å². The molecule has 3 aromatic rings. The fourth-order valence-corrected chi connectivity index (χ4v) is 3.40. The van der Waals surface area contributed by atoms with Gasteiger partial charge in [-0.15, -0.1) is 0 Å². The van der Waals surface area contributed by atoms with Crippen LogP contribution in [0.1, 0.15) is 6.42 Å². The van der Waals surface area contributed by atoms with E-state index in [2.05, 4.69) is 10.4 Å². The van der Waals surface area contributed by atoms with Crippen LogP contribution in [0.5, 0.6) is 11.5 Å². The first-order valence-corrected chi connectivity index (χ1v) is 10.3. The molecule has 1 atom stereocenters. The molecule has 0 unspecified atom stereocenters. The average molecular weight is 441 g/mol. The van der Waals surface area contributed by atoms with E-state index in [-0.39, 0.29) is 18.4 Å². The third kappa shape index (κ3) is 5.17. The van der Waals surface area contributed by atoms with Gasteiger partial charge in [0.05, 0.1) is 38.2 Å². The molecule has 0 bridgehead atoms. The Morgan fingerprint density at radius 3 is 2.91 bits per heavy atom. The van der Waals surface area contributed by atoms with Gasteiger partial charge in [0.25, 0.3) is 0 Å². The van der Waals surface area contributed by atoms with Crippen LogP contribution in [0.3, 0.4) is 0 Å². The van der Waals surface area contributed by atoms with Crippen LogP contribution in [0, 0.1) is 5.82 Å². The number of methoxy groups -OCH3 is 1. The maximum absolute atomic E-state index is 13.6. The molecule has 0 saturated carbocycles. The van der Waals surface area contributed by atoms with Gasteiger partial charge in [0, 0.05) is 18.2 Å². The summed E-state index contributed by atoms with van der Waals surface area (Å²) in [6, 6.07) is 13.4. The number of nitrogens with one attached hydrogen (secondary N) is 1. The van der Waals surface area contributed by atoms with Gasteiger partial charge in [-0.1, -0.05) is 12.1 Å². The van der Waals surface area contributed by atoms with Crippen molar-refractivity contribution in [1.82, 2.24) is 9.78 Å². The smallest absolute Gasteiger partial charge is 0.411 e. The van der Waals surface area contributed by atoms with E-state index in [9.17, 15) is 9.18 Å². The molecule has 1 aliphatic heterocycles. The second kappa shape index (κ2) is 10.1. The zero-order chi connectivity index (χ0) is 22.3. The Bertz CT molecular complexity index is 1070. The van der Waals surface area contributed by atoms with Gasteiger partial charge in [-0.2, -0.15) is 5.10 Å². The molecule has 1 aliphatic rings. The molecule has 9 heteroatoms. The maximum Gasteiger partial charge on any atom is 0.411 e. The summed E-state index contributed by atoms with van der Waals surface area (Å²) in [6.45, 7) is 1.63. The lowest BCUT2D eigenvalue weighted by molar-refractivity contribution is 0.138. The number of aromatic nitrogens is 2. The predicted octanol–water partition coefficient (Wildman–Crippen LogP) is 4.11. The molecule has 8 nitrogen and oxygen atoms in total. The quantitative estimate of drug-likeness (QED) is 0.566. The SMILES string of the molecule is COc1ccc(-c2ccnn2CCOC(=O)Nc2ccccc2F)cc1O[C@@H]1CCOC1. The largest absolute Gasteiger partial charge is 0.493 e. The van der Waals surface area contributed by atoms with E-state index in [0.717, 1.165) is 17.7 Å². The van der Waals surface area contributed by atoms with E-state index in [4.69, 9.17) is 18.9 Å². The Morgan fingerprint density at radius 2 is 2.12 bits per heavy atom. The Labute approximate surface area is 184 Å². The third-order valence-electron chi connectivity index (χ3n) is 5.00. The van der Waals surface area contributed by atoms with Gasteiger partial charge in [0.2, 0.25) is 0 Å². The summed E-state index contributed by atoms with van der Waals surface area (Å²) in [5.74, 6) is 0.745. The number of para-hydroxylation sites is 1. The summed E-state index contributed by atoms with van der Waals surface area (Å²) in [6.07, 6.45) is 1.76. The van der Waals surface area contributed by atoms with Crippen molar-refractivity contribution in [3.05, 3.63) is 60.5 Å². The minimum absolute atomic E-state index is 0.00887. The second-order valence-corrected chi connectivity index (χ2v) is 7.15. The van der Waals surface area contributed by atoms with Crippen LogP contribution in [0.2, 0.25) is 0 Å². The fourth-order valence-electron chi connectivity index (χ4n) is 3.40. The zero-order valence-electron chi connectivity index (χ0n) is 17.6. The lowest BCUT2D eigenvalue weighted by atomic mass is 10.1. The van der Waals surface area contributed by atoms with Gasteiger partial charge in [0.1, 0.15) is 18.5 Å². The summed E-state index contributed by atoms with van der Waals surface area (Å²) in [7, 11) is 1.60. The van der Waals surface area contributed by atoms with Crippen molar-refractivity contribution < 1.29 is 28.1 Å². The molecule has 0 aliphatic carbocycles. The Kier molecular flexibility index (Phi) is 6.86. The number of rotatable bonds is 8. The average Bonchev–Trinajstić information content (AvgIpc) is 3.47. The minimum atomic E-state index is -0.734. The standard InChI is InChI=1S/C23H24FN3O5/c1-29-21-7-6-16(14-22(21)32-17-9-12-30-15-17)20-8-10-25-27(20)11-13-31-23(28)26-19-5-3-2-4-18(19)24/h2-8,10,14,17H,9,11-13,15H2,1H3,(H,26,28)/t17-/m1/s1. The molecule has 168 valence electrons. The van der Waals surface area contributed by atoms with Crippen LogP contribution in [-0.2, 0) is 16.0 Å². The topological polar surface area (TPSA) is 83.8 Å². The van der Waals surface area contributed by atoms with Gasteiger partial charge in [-0.05, 0) is 36.4 Å². The highest BCUT2D eigenvalue weighted by Crippen LogP contribution is 2.34. The highest BCUT2D eigenvalue weighted by atomic mass is 19.1. The van der Waals surface area contributed by atoms with E-state index < -0.39 is 11.9 Å². The van der Waals surface area contributed by atoms with Gasteiger partial charge in [-0.25, -0.2) is 9.18 Å². The Balaban J connectivity index is 1.39. The van der Waals surface area contributed by atoms with E-state index in [0.29, 0.717) is 31.3 Å². The number of ether oxygens (including phenoxy) is 4. The monoisotopic (exact) mass is 441 g/mol. The molecule has 1 fully saturated rings. The van der Waals surface area contributed by atoms with Crippen molar-refractivity contribution in [1.29, 1.82) is 0 Å². The third-order valence-corrected chi connectivity index (χ3v) is 5.00. The Morgan fingerprint density at radius 1 is 1.25 bits per heavy atom. The number of anilines is 1. The molecular weight excluding hydrogens is 417 g/mol. The highest BCUT2D eigenvalue weighted by Gasteiger charge is 2.20. The van der Waals surface area contributed by atoms with Gasteiger partial charge >= 0.3 is 6.09 Å². The lowest BCUT2D eigenvalue weighted by Gasteiger charge is -2.16. The summed E-state index contributed by atoms with van der Waals surface area (Å²) >= 11 is 0.